The van der Waals surface area contributed by atoms with Crippen LogP contribution < -0.4 is 0 Å². The minimum atomic E-state index is -0.318. The molecular formula is C8H13NO2. The number of nitrogens with zero attached hydrogens (tertiary/aromatic N) is 1. The Morgan fingerprint density at radius 3 is 3.09 bits per heavy atom. The molecule has 0 amide bonds. The monoisotopic (exact) mass is 155 g/mol. The number of rotatable bonds is 0. The highest BCUT2D eigenvalue weighted by atomic mass is 16.5. The van der Waals surface area contributed by atoms with Gasteiger partial charge in [0.1, 0.15) is 5.72 Å². The van der Waals surface area contributed by atoms with Gasteiger partial charge in [-0.05, 0) is 26.3 Å². The van der Waals surface area contributed by atoms with E-state index in [9.17, 15) is 5.11 Å². The molecule has 0 aliphatic carbocycles. The van der Waals surface area contributed by atoms with Gasteiger partial charge in [0.15, 0.2) is 5.88 Å². The molecule has 0 aromatic carbocycles. The Morgan fingerprint density at radius 1 is 1.73 bits per heavy atom. The van der Waals surface area contributed by atoms with Crippen molar-refractivity contribution in [1.82, 2.24) is 4.90 Å². The van der Waals surface area contributed by atoms with Crippen LogP contribution in [0.25, 0.3) is 0 Å². The first-order chi connectivity index (χ1) is 5.11. The van der Waals surface area contributed by atoms with Gasteiger partial charge >= 0.3 is 0 Å². The highest BCUT2D eigenvalue weighted by Gasteiger charge is 2.44. The Kier molecular flexibility index (Phi) is 1.21. The summed E-state index contributed by atoms with van der Waals surface area (Å²) in [5, 5.41) is 9.44. The number of fused-ring (bicyclic) bond motifs is 1. The highest BCUT2D eigenvalue weighted by molar-refractivity contribution is 5.09. The van der Waals surface area contributed by atoms with Crippen molar-refractivity contribution in [2.45, 2.75) is 32.0 Å². The van der Waals surface area contributed by atoms with E-state index in [4.69, 9.17) is 4.74 Å². The van der Waals surface area contributed by atoms with Crippen LogP contribution in [0.3, 0.4) is 0 Å². The lowest BCUT2D eigenvalue weighted by Gasteiger charge is -2.30. The summed E-state index contributed by atoms with van der Waals surface area (Å²) in [6.07, 6.45) is 2.77. The topological polar surface area (TPSA) is 32.7 Å². The lowest BCUT2D eigenvalue weighted by molar-refractivity contribution is -0.0523. The third-order valence-electron chi connectivity index (χ3n) is 2.39. The van der Waals surface area contributed by atoms with E-state index >= 15 is 0 Å². The minimum Gasteiger partial charge on any atom is -0.495 e. The second-order valence-electron chi connectivity index (χ2n) is 3.58. The van der Waals surface area contributed by atoms with E-state index in [0.717, 1.165) is 13.0 Å². The van der Waals surface area contributed by atoms with Crippen LogP contribution in [0.2, 0.25) is 0 Å². The molecule has 1 saturated heterocycles. The van der Waals surface area contributed by atoms with Crippen LogP contribution in [0.4, 0.5) is 0 Å². The van der Waals surface area contributed by atoms with Gasteiger partial charge in [0.2, 0.25) is 0 Å². The molecule has 3 heteroatoms. The summed E-state index contributed by atoms with van der Waals surface area (Å²) >= 11 is 0. The van der Waals surface area contributed by atoms with Crippen molar-refractivity contribution in [1.29, 1.82) is 0 Å². The van der Waals surface area contributed by atoms with Crippen molar-refractivity contribution in [3.8, 4) is 0 Å². The minimum absolute atomic E-state index is 0.318. The molecule has 62 valence electrons. The van der Waals surface area contributed by atoms with Gasteiger partial charge in [0.25, 0.3) is 0 Å². The van der Waals surface area contributed by atoms with Gasteiger partial charge in [-0.15, -0.1) is 0 Å². The van der Waals surface area contributed by atoms with E-state index in [1.165, 1.54) is 0 Å². The third kappa shape index (κ3) is 0.839. The largest absolute Gasteiger partial charge is 0.495 e. The molecule has 1 atom stereocenters. The molecule has 0 aromatic heterocycles. The fourth-order valence-electron chi connectivity index (χ4n) is 1.86. The molecule has 0 radical (unpaired) electrons. The van der Waals surface area contributed by atoms with Crippen LogP contribution >= 0.6 is 0 Å². The first kappa shape index (κ1) is 6.98. The molecule has 3 nitrogen and oxygen atoms in total. The van der Waals surface area contributed by atoms with Crippen LogP contribution in [0.5, 0.6) is 0 Å². The van der Waals surface area contributed by atoms with Crippen molar-refractivity contribution >= 4 is 0 Å². The van der Waals surface area contributed by atoms with Gasteiger partial charge in [0, 0.05) is 0 Å². The normalized spacial score (nSPS) is 33.8. The van der Waals surface area contributed by atoms with Crippen molar-refractivity contribution < 1.29 is 9.84 Å². The van der Waals surface area contributed by atoms with Crippen LogP contribution in [0, 0.1) is 0 Å². The molecule has 11 heavy (non-hydrogen) atoms. The first-order valence-corrected chi connectivity index (χ1v) is 3.94. The predicted molar refractivity (Wildman–Crippen MR) is 41.0 cm³/mol. The molecule has 1 fully saturated rings. The predicted octanol–water partition coefficient (Wildman–Crippen LogP) is 1.23. The summed E-state index contributed by atoms with van der Waals surface area (Å²) in [5.74, 6) is 0.373. The van der Waals surface area contributed by atoms with Crippen LogP contribution in [-0.2, 0) is 4.74 Å². The average Bonchev–Trinajstić information content (AvgIpc) is 2.38. The summed E-state index contributed by atoms with van der Waals surface area (Å²) in [6, 6.07) is 0.366. The van der Waals surface area contributed by atoms with E-state index in [1.54, 1.807) is 0 Å². The maximum Gasteiger partial charge on any atom is 0.185 e. The molecule has 0 spiro atoms. The SMILES string of the molecule is CC1(C)OC[C@@H]2CC=C(O)N21. The molecule has 0 bridgehead atoms. The van der Waals surface area contributed by atoms with E-state index in [0.29, 0.717) is 11.9 Å². The third-order valence-corrected chi connectivity index (χ3v) is 2.39. The van der Waals surface area contributed by atoms with Crippen molar-refractivity contribution in [3.05, 3.63) is 12.0 Å². The molecule has 1 N–H and O–H groups in total. The maximum atomic E-state index is 9.44. The molecular weight excluding hydrogens is 142 g/mol. The van der Waals surface area contributed by atoms with Crippen molar-refractivity contribution in [3.63, 3.8) is 0 Å². The van der Waals surface area contributed by atoms with E-state index in [2.05, 4.69) is 0 Å². The first-order valence-electron chi connectivity index (χ1n) is 3.94. The van der Waals surface area contributed by atoms with Crippen molar-refractivity contribution in [2.75, 3.05) is 6.61 Å². The van der Waals surface area contributed by atoms with Gasteiger partial charge in [-0.3, -0.25) is 0 Å². The summed E-state index contributed by atoms with van der Waals surface area (Å²) < 4.78 is 5.50. The van der Waals surface area contributed by atoms with Gasteiger partial charge in [-0.2, -0.15) is 0 Å². The van der Waals surface area contributed by atoms with Crippen LogP contribution in [0.15, 0.2) is 12.0 Å². The van der Waals surface area contributed by atoms with Gasteiger partial charge in [-0.25, -0.2) is 0 Å². The van der Waals surface area contributed by atoms with E-state index in [-0.39, 0.29) is 5.72 Å². The number of ether oxygens (including phenoxy) is 1. The second kappa shape index (κ2) is 1.91. The number of aliphatic hydroxyl groups is 1. The lowest BCUT2D eigenvalue weighted by atomic mass is 10.2. The molecule has 0 unspecified atom stereocenters. The fourth-order valence-corrected chi connectivity index (χ4v) is 1.86. The molecule has 0 saturated carbocycles. The summed E-state index contributed by atoms with van der Waals surface area (Å²) in [4.78, 5) is 1.94. The van der Waals surface area contributed by atoms with E-state index in [1.807, 2.05) is 24.8 Å². The van der Waals surface area contributed by atoms with Gasteiger partial charge < -0.3 is 14.7 Å². The average molecular weight is 155 g/mol. The number of hydrogen-bond acceptors (Lipinski definition) is 3. The second-order valence-corrected chi connectivity index (χ2v) is 3.58. The molecule has 0 aromatic rings. The Hall–Kier alpha value is -0.700. The maximum absolute atomic E-state index is 9.44. The Balaban J connectivity index is 2.28. The van der Waals surface area contributed by atoms with Gasteiger partial charge in [0.05, 0.1) is 12.6 Å². The smallest absolute Gasteiger partial charge is 0.185 e. The number of aliphatic hydroxyl groups excluding tert-OH is 1. The molecule has 2 aliphatic heterocycles. The van der Waals surface area contributed by atoms with Crippen molar-refractivity contribution in [2.24, 2.45) is 0 Å². The zero-order chi connectivity index (χ0) is 8.06. The van der Waals surface area contributed by atoms with E-state index < -0.39 is 0 Å². The highest BCUT2D eigenvalue weighted by Crippen LogP contribution is 2.35. The standard InChI is InChI=1S/C8H13NO2/c1-8(2)9-6(5-11-8)3-4-7(9)10/h4,6,10H,3,5H2,1-2H3/t6-/m0/s1. The Morgan fingerprint density at radius 2 is 2.45 bits per heavy atom. The lowest BCUT2D eigenvalue weighted by Crippen LogP contribution is -2.40. The van der Waals surface area contributed by atoms with Crippen LogP contribution in [0.1, 0.15) is 20.3 Å². The Bertz CT molecular complexity index is 210. The quantitative estimate of drug-likeness (QED) is 0.571. The Labute approximate surface area is 66.3 Å². The molecule has 2 rings (SSSR count). The summed E-state index contributed by atoms with van der Waals surface area (Å²) in [6.45, 7) is 4.68. The molecule has 2 heterocycles. The van der Waals surface area contributed by atoms with Crippen LogP contribution in [-0.4, -0.2) is 28.4 Å². The molecule has 2 aliphatic rings. The zero-order valence-electron chi connectivity index (χ0n) is 6.87. The number of hydrogen-bond donors (Lipinski definition) is 1. The fraction of sp³-hybridized carbons (Fsp3) is 0.750. The van der Waals surface area contributed by atoms with Gasteiger partial charge in [-0.1, -0.05) is 0 Å². The summed E-state index contributed by atoms with van der Waals surface area (Å²) in [5.41, 5.74) is -0.318. The summed E-state index contributed by atoms with van der Waals surface area (Å²) in [7, 11) is 0. The zero-order valence-corrected chi connectivity index (χ0v) is 6.87.